The standard InChI is InChI=1S/C18H28N2O/c1-20(16-6-4-3-5-7-16)17-11-8-14(12-18(17)21-2)13-19-15-9-10-15/h8,11-12,15-16,19H,3-7,9-10,13H2,1-2H3. The molecule has 0 atom stereocenters. The van der Waals surface area contributed by atoms with Crippen molar-refractivity contribution < 1.29 is 4.74 Å². The van der Waals surface area contributed by atoms with Gasteiger partial charge in [-0.25, -0.2) is 0 Å². The number of benzene rings is 1. The van der Waals surface area contributed by atoms with Crippen LogP contribution in [0.3, 0.4) is 0 Å². The predicted octanol–water partition coefficient (Wildman–Crippen LogP) is 3.72. The first kappa shape index (κ1) is 14.7. The van der Waals surface area contributed by atoms with Crippen LogP contribution < -0.4 is 15.0 Å². The maximum atomic E-state index is 5.65. The van der Waals surface area contributed by atoms with E-state index in [1.54, 1.807) is 7.11 Å². The van der Waals surface area contributed by atoms with Gasteiger partial charge in [0.05, 0.1) is 12.8 Å². The SMILES string of the molecule is COc1cc(CNC2CC2)ccc1N(C)C1CCCCC1. The first-order chi connectivity index (χ1) is 10.3. The molecular formula is C18H28N2O. The van der Waals surface area contributed by atoms with Gasteiger partial charge in [-0.3, -0.25) is 0 Å². The molecule has 21 heavy (non-hydrogen) atoms. The molecule has 0 aromatic heterocycles. The van der Waals surface area contributed by atoms with Crippen LogP contribution in [0.2, 0.25) is 0 Å². The summed E-state index contributed by atoms with van der Waals surface area (Å²) < 4.78 is 5.65. The Bertz CT molecular complexity index is 464. The van der Waals surface area contributed by atoms with Crippen LogP contribution in [0, 0.1) is 0 Å². The zero-order chi connectivity index (χ0) is 14.7. The number of hydrogen-bond acceptors (Lipinski definition) is 3. The van der Waals surface area contributed by atoms with Crippen molar-refractivity contribution in [2.45, 2.75) is 63.6 Å². The number of ether oxygens (including phenoxy) is 1. The molecule has 0 heterocycles. The minimum Gasteiger partial charge on any atom is -0.495 e. The van der Waals surface area contributed by atoms with Crippen molar-refractivity contribution in [2.24, 2.45) is 0 Å². The molecule has 1 aromatic rings. The predicted molar refractivity (Wildman–Crippen MR) is 88.1 cm³/mol. The van der Waals surface area contributed by atoms with Gasteiger partial charge in [-0.05, 0) is 43.4 Å². The fourth-order valence-electron chi connectivity index (χ4n) is 3.34. The maximum Gasteiger partial charge on any atom is 0.142 e. The molecule has 0 unspecified atom stereocenters. The molecule has 2 aliphatic rings. The van der Waals surface area contributed by atoms with Crippen LogP contribution in [0.4, 0.5) is 5.69 Å². The lowest BCUT2D eigenvalue weighted by molar-refractivity contribution is 0.401. The van der Waals surface area contributed by atoms with Gasteiger partial charge in [0.2, 0.25) is 0 Å². The molecule has 2 aliphatic carbocycles. The van der Waals surface area contributed by atoms with Crippen LogP contribution in [-0.4, -0.2) is 26.2 Å². The molecule has 0 spiro atoms. The fourth-order valence-corrected chi connectivity index (χ4v) is 3.34. The van der Waals surface area contributed by atoms with Gasteiger partial charge in [0.25, 0.3) is 0 Å². The lowest BCUT2D eigenvalue weighted by Crippen LogP contribution is -2.33. The van der Waals surface area contributed by atoms with Crippen LogP contribution in [0.1, 0.15) is 50.5 Å². The summed E-state index contributed by atoms with van der Waals surface area (Å²) in [5.41, 5.74) is 2.55. The van der Waals surface area contributed by atoms with E-state index in [4.69, 9.17) is 4.74 Å². The van der Waals surface area contributed by atoms with E-state index >= 15 is 0 Å². The second-order valence-electron chi connectivity index (χ2n) is 6.56. The van der Waals surface area contributed by atoms with Crippen molar-refractivity contribution in [1.29, 1.82) is 0 Å². The van der Waals surface area contributed by atoms with Crippen LogP contribution in [0.25, 0.3) is 0 Å². The van der Waals surface area contributed by atoms with Crippen molar-refractivity contribution in [3.63, 3.8) is 0 Å². The molecule has 3 nitrogen and oxygen atoms in total. The van der Waals surface area contributed by atoms with E-state index in [1.807, 2.05) is 0 Å². The van der Waals surface area contributed by atoms with Gasteiger partial charge in [0.1, 0.15) is 5.75 Å². The molecular weight excluding hydrogens is 260 g/mol. The molecule has 1 aromatic carbocycles. The normalized spacial score (nSPS) is 19.5. The van der Waals surface area contributed by atoms with Gasteiger partial charge in [0.15, 0.2) is 0 Å². The third-order valence-corrected chi connectivity index (χ3v) is 4.92. The number of nitrogens with one attached hydrogen (secondary N) is 1. The highest BCUT2D eigenvalue weighted by Crippen LogP contribution is 2.33. The van der Waals surface area contributed by atoms with E-state index in [1.165, 1.54) is 56.2 Å². The Hall–Kier alpha value is -1.22. The smallest absolute Gasteiger partial charge is 0.142 e. The molecule has 0 radical (unpaired) electrons. The van der Waals surface area contributed by atoms with E-state index in [0.29, 0.717) is 6.04 Å². The van der Waals surface area contributed by atoms with E-state index in [2.05, 4.69) is 35.5 Å². The summed E-state index contributed by atoms with van der Waals surface area (Å²) in [6.45, 7) is 0.953. The lowest BCUT2D eigenvalue weighted by atomic mass is 9.94. The first-order valence-corrected chi connectivity index (χ1v) is 8.41. The van der Waals surface area contributed by atoms with Crippen LogP contribution >= 0.6 is 0 Å². The van der Waals surface area contributed by atoms with Crippen molar-refractivity contribution in [3.8, 4) is 5.75 Å². The Kier molecular flexibility index (Phi) is 4.69. The van der Waals surface area contributed by atoms with Crippen molar-refractivity contribution in [3.05, 3.63) is 23.8 Å². The summed E-state index contributed by atoms with van der Waals surface area (Å²) in [7, 11) is 4.00. The molecule has 116 valence electrons. The molecule has 0 aliphatic heterocycles. The summed E-state index contributed by atoms with van der Waals surface area (Å²) in [5.74, 6) is 1.01. The monoisotopic (exact) mass is 288 g/mol. The molecule has 1 N–H and O–H groups in total. The zero-order valence-corrected chi connectivity index (χ0v) is 13.4. The third kappa shape index (κ3) is 3.70. The van der Waals surface area contributed by atoms with E-state index in [0.717, 1.165) is 18.3 Å². The molecule has 2 fully saturated rings. The first-order valence-electron chi connectivity index (χ1n) is 8.41. The molecule has 0 bridgehead atoms. The number of anilines is 1. The molecule has 3 heteroatoms. The lowest BCUT2D eigenvalue weighted by Gasteiger charge is -2.33. The highest BCUT2D eigenvalue weighted by Gasteiger charge is 2.22. The Morgan fingerprint density at radius 2 is 1.90 bits per heavy atom. The van der Waals surface area contributed by atoms with Crippen LogP contribution in [0.15, 0.2) is 18.2 Å². The van der Waals surface area contributed by atoms with Gasteiger partial charge < -0.3 is 15.0 Å². The average molecular weight is 288 g/mol. The van der Waals surface area contributed by atoms with Gasteiger partial charge in [0, 0.05) is 25.7 Å². The Morgan fingerprint density at radius 3 is 2.57 bits per heavy atom. The third-order valence-electron chi connectivity index (χ3n) is 4.92. The molecule has 0 saturated heterocycles. The summed E-state index contributed by atoms with van der Waals surface area (Å²) >= 11 is 0. The fraction of sp³-hybridized carbons (Fsp3) is 0.667. The Morgan fingerprint density at radius 1 is 1.14 bits per heavy atom. The zero-order valence-electron chi connectivity index (χ0n) is 13.4. The van der Waals surface area contributed by atoms with E-state index in [9.17, 15) is 0 Å². The van der Waals surface area contributed by atoms with E-state index in [-0.39, 0.29) is 0 Å². The quantitative estimate of drug-likeness (QED) is 0.863. The van der Waals surface area contributed by atoms with Crippen molar-refractivity contribution >= 4 is 5.69 Å². The Balaban J connectivity index is 1.70. The number of rotatable bonds is 6. The topological polar surface area (TPSA) is 24.5 Å². The minimum absolute atomic E-state index is 0.670. The van der Waals surface area contributed by atoms with Gasteiger partial charge in [-0.1, -0.05) is 25.3 Å². The van der Waals surface area contributed by atoms with Gasteiger partial charge in [-0.2, -0.15) is 0 Å². The summed E-state index contributed by atoms with van der Waals surface area (Å²) in [6.07, 6.45) is 9.41. The molecule has 2 saturated carbocycles. The second-order valence-corrected chi connectivity index (χ2v) is 6.56. The average Bonchev–Trinajstić information content (AvgIpc) is 3.37. The number of methoxy groups -OCH3 is 1. The van der Waals surface area contributed by atoms with E-state index < -0.39 is 0 Å². The van der Waals surface area contributed by atoms with Gasteiger partial charge in [-0.15, -0.1) is 0 Å². The van der Waals surface area contributed by atoms with Gasteiger partial charge >= 0.3 is 0 Å². The Labute approximate surface area is 128 Å². The maximum absolute atomic E-state index is 5.65. The number of nitrogens with zero attached hydrogens (tertiary/aromatic N) is 1. The largest absolute Gasteiger partial charge is 0.495 e. The summed E-state index contributed by atoms with van der Waals surface area (Å²) in [4.78, 5) is 2.43. The summed E-state index contributed by atoms with van der Waals surface area (Å²) in [5, 5.41) is 3.57. The molecule has 3 rings (SSSR count). The van der Waals surface area contributed by atoms with Crippen LogP contribution in [-0.2, 0) is 6.54 Å². The summed E-state index contributed by atoms with van der Waals surface area (Å²) in [6, 6.07) is 8.09. The van der Waals surface area contributed by atoms with Crippen molar-refractivity contribution in [2.75, 3.05) is 19.1 Å². The molecule has 0 amide bonds. The van der Waals surface area contributed by atoms with Crippen molar-refractivity contribution in [1.82, 2.24) is 5.32 Å². The number of hydrogen-bond donors (Lipinski definition) is 1. The highest BCUT2D eigenvalue weighted by molar-refractivity contribution is 5.60. The minimum atomic E-state index is 0.670. The second kappa shape index (κ2) is 6.69. The highest BCUT2D eigenvalue weighted by atomic mass is 16.5. The van der Waals surface area contributed by atoms with Crippen LogP contribution in [0.5, 0.6) is 5.75 Å².